The fraction of sp³-hybridized carbons (Fsp3) is 0.500. The van der Waals surface area contributed by atoms with Crippen molar-refractivity contribution in [3.05, 3.63) is 31.6 Å². The van der Waals surface area contributed by atoms with E-state index in [1.54, 1.807) is 7.11 Å². The summed E-state index contributed by atoms with van der Waals surface area (Å²) in [4.78, 5) is 4.54. The van der Waals surface area contributed by atoms with Gasteiger partial charge in [-0.2, -0.15) is 0 Å². The molecule has 5 radical (unpaired) electrons. The maximum absolute atomic E-state index is 5.57. The Kier molecular flexibility index (Phi) is 3.01. The molecule has 1 heterocycles. The summed E-state index contributed by atoms with van der Waals surface area (Å²) in [7, 11) is 1.70. The first-order valence-electron chi connectivity index (χ1n) is 5.11. The Hall–Kier alpha value is -0.570. The van der Waals surface area contributed by atoms with Crippen LogP contribution in [0.1, 0.15) is 13.8 Å². The van der Waals surface area contributed by atoms with Gasteiger partial charge >= 0.3 is 0 Å². The van der Waals surface area contributed by atoms with E-state index in [-0.39, 0.29) is 11.6 Å². The maximum atomic E-state index is 5.57. The molecule has 0 saturated heterocycles. The molecule has 2 rings (SSSR count). The Morgan fingerprint density at radius 1 is 1.40 bits per heavy atom. The van der Waals surface area contributed by atoms with Crippen molar-refractivity contribution < 1.29 is 9.47 Å². The molecule has 3 nitrogen and oxygen atoms in total. The minimum absolute atomic E-state index is 0.0763. The molecule has 15 heavy (non-hydrogen) atoms. The van der Waals surface area contributed by atoms with Gasteiger partial charge in [0.05, 0.1) is 11.5 Å². The Balaban J connectivity index is 2.02. The highest BCUT2D eigenvalue weighted by molar-refractivity contribution is 5.96. The molecule has 0 aromatic carbocycles. The average Bonchev–Trinajstić information content (AvgIpc) is 2.88. The molecule has 2 aliphatic rings. The van der Waals surface area contributed by atoms with E-state index >= 15 is 0 Å². The average molecular weight is 206 g/mol. The summed E-state index contributed by atoms with van der Waals surface area (Å²) in [5.74, 6) is 1.78. The van der Waals surface area contributed by atoms with Crippen molar-refractivity contribution in [3.63, 3.8) is 0 Å². The first-order valence-corrected chi connectivity index (χ1v) is 5.11. The van der Waals surface area contributed by atoms with Crippen LogP contribution in [0, 0.1) is 31.6 Å². The molecule has 0 aromatic heterocycles. The van der Waals surface area contributed by atoms with Gasteiger partial charge in [0.25, 0.3) is 0 Å². The number of methoxy groups -OCH3 is 1. The Bertz CT molecular complexity index is 254. The minimum Gasteiger partial charge on any atom is -0.478 e. The van der Waals surface area contributed by atoms with E-state index in [1.165, 1.54) is 0 Å². The predicted octanol–water partition coefficient (Wildman–Crippen LogP) is 1.61. The number of hydrogen-bond acceptors (Lipinski definition) is 3. The summed E-state index contributed by atoms with van der Waals surface area (Å²) in [5.41, 5.74) is -0.270. The highest BCUT2D eigenvalue weighted by Crippen LogP contribution is 2.30. The molecule has 1 aliphatic heterocycles. The van der Waals surface area contributed by atoms with Crippen molar-refractivity contribution in [2.24, 2.45) is 4.99 Å². The van der Waals surface area contributed by atoms with Gasteiger partial charge in [0, 0.05) is 7.11 Å². The molecule has 1 aliphatic carbocycles. The topological polar surface area (TPSA) is 30.8 Å². The number of ether oxygens (including phenoxy) is 2. The van der Waals surface area contributed by atoms with Gasteiger partial charge in [-0.05, 0) is 39.5 Å². The highest BCUT2D eigenvalue weighted by Gasteiger charge is 2.37. The molecule has 0 spiro atoms. The van der Waals surface area contributed by atoms with Crippen LogP contribution in [-0.4, -0.2) is 31.3 Å². The van der Waals surface area contributed by atoms with Crippen LogP contribution in [0.25, 0.3) is 0 Å². The van der Waals surface area contributed by atoms with Gasteiger partial charge in [-0.25, -0.2) is 4.99 Å². The van der Waals surface area contributed by atoms with Crippen molar-refractivity contribution in [1.82, 2.24) is 0 Å². The van der Waals surface area contributed by atoms with E-state index in [4.69, 9.17) is 9.47 Å². The Morgan fingerprint density at radius 3 is 2.67 bits per heavy atom. The summed E-state index contributed by atoms with van der Waals surface area (Å²) in [6.07, 6.45) is 7.97. The lowest BCUT2D eigenvalue weighted by Gasteiger charge is -2.26. The van der Waals surface area contributed by atoms with Gasteiger partial charge in [0.15, 0.2) is 5.90 Å². The van der Waals surface area contributed by atoms with Gasteiger partial charge in [-0.3, -0.25) is 0 Å². The minimum atomic E-state index is -0.270. The van der Waals surface area contributed by atoms with Crippen molar-refractivity contribution in [2.45, 2.75) is 25.5 Å². The first kappa shape index (κ1) is 10.9. The summed E-state index contributed by atoms with van der Waals surface area (Å²) in [5, 5.41) is 0. The van der Waals surface area contributed by atoms with Gasteiger partial charge in [-0.1, -0.05) is 0 Å². The molecule has 0 bridgehead atoms. The molecular weight excluding hydrogens is 190 g/mol. The molecule has 1 fully saturated rings. The van der Waals surface area contributed by atoms with Crippen LogP contribution in [0.3, 0.4) is 0 Å². The van der Waals surface area contributed by atoms with Crippen LogP contribution < -0.4 is 0 Å². The number of aliphatic imine (C=N–C) groups is 1. The lowest BCUT2D eigenvalue weighted by atomic mass is 10.0. The molecular formula is C12H16NO2. The quantitative estimate of drug-likeness (QED) is 0.702. The number of nitrogens with zero attached hydrogens (tertiary/aromatic N) is 1. The van der Waals surface area contributed by atoms with Crippen molar-refractivity contribution >= 4 is 5.90 Å². The van der Waals surface area contributed by atoms with E-state index < -0.39 is 0 Å². The molecule has 0 N–H and O–H groups in total. The third kappa shape index (κ3) is 2.17. The fourth-order valence-corrected chi connectivity index (χ4v) is 1.54. The highest BCUT2D eigenvalue weighted by atomic mass is 16.5. The zero-order valence-electron chi connectivity index (χ0n) is 9.36. The Morgan fingerprint density at radius 2 is 2.07 bits per heavy atom. The summed E-state index contributed by atoms with van der Waals surface area (Å²) < 4.78 is 11.0. The zero-order chi connectivity index (χ0) is 10.9. The molecule has 81 valence electrons. The van der Waals surface area contributed by atoms with Gasteiger partial charge in [-0.15, -0.1) is 0 Å². The van der Waals surface area contributed by atoms with Gasteiger partial charge in [0.1, 0.15) is 12.6 Å². The maximum Gasteiger partial charge on any atom is 0.191 e. The predicted molar refractivity (Wildman–Crippen MR) is 58.7 cm³/mol. The summed E-state index contributed by atoms with van der Waals surface area (Å²) in [6.45, 7) is 4.65. The monoisotopic (exact) mass is 206 g/mol. The SMILES string of the molecule is COC(C)(C)[C@@H]1COC([C]2[CH][CH][CH][CH]2)=N1. The molecule has 3 heteroatoms. The van der Waals surface area contributed by atoms with Crippen LogP contribution in [0.15, 0.2) is 4.99 Å². The third-order valence-corrected chi connectivity index (χ3v) is 2.89. The van der Waals surface area contributed by atoms with Crippen LogP contribution in [0.5, 0.6) is 0 Å². The van der Waals surface area contributed by atoms with Crippen LogP contribution >= 0.6 is 0 Å². The lowest BCUT2D eigenvalue weighted by Crippen LogP contribution is -2.37. The van der Waals surface area contributed by atoms with Crippen LogP contribution in [-0.2, 0) is 9.47 Å². The number of hydrogen-bond donors (Lipinski definition) is 0. The van der Waals surface area contributed by atoms with Crippen LogP contribution in [0.4, 0.5) is 0 Å². The fourth-order valence-electron chi connectivity index (χ4n) is 1.54. The van der Waals surface area contributed by atoms with E-state index in [2.05, 4.69) is 4.99 Å². The van der Waals surface area contributed by atoms with Crippen molar-refractivity contribution in [2.75, 3.05) is 13.7 Å². The molecule has 0 unspecified atom stereocenters. The zero-order valence-corrected chi connectivity index (χ0v) is 9.36. The standard InChI is InChI=1S/C12H16NO2/c1-12(2,14-3)10-8-15-11(13-10)9-6-4-5-7-9/h4-7,10H,8H2,1-3H3/t10-/m0/s1. The van der Waals surface area contributed by atoms with Gasteiger partial charge in [0.2, 0.25) is 0 Å². The van der Waals surface area contributed by atoms with Crippen molar-refractivity contribution in [3.8, 4) is 0 Å². The molecule has 1 atom stereocenters. The third-order valence-electron chi connectivity index (χ3n) is 2.89. The lowest BCUT2D eigenvalue weighted by molar-refractivity contribution is -0.00434. The first-order chi connectivity index (χ1) is 7.13. The van der Waals surface area contributed by atoms with Crippen LogP contribution in [0.2, 0.25) is 0 Å². The number of rotatable bonds is 3. The second kappa shape index (κ2) is 4.12. The second-order valence-electron chi connectivity index (χ2n) is 4.24. The van der Waals surface area contributed by atoms with E-state index in [9.17, 15) is 0 Å². The summed E-state index contributed by atoms with van der Waals surface area (Å²) in [6, 6.07) is 0.0763. The summed E-state index contributed by atoms with van der Waals surface area (Å²) >= 11 is 0. The molecule has 1 saturated carbocycles. The molecule has 0 aromatic rings. The second-order valence-corrected chi connectivity index (χ2v) is 4.24. The largest absolute Gasteiger partial charge is 0.478 e. The van der Waals surface area contributed by atoms with E-state index in [0.717, 1.165) is 11.8 Å². The van der Waals surface area contributed by atoms with Gasteiger partial charge < -0.3 is 9.47 Å². The van der Waals surface area contributed by atoms with Crippen molar-refractivity contribution in [1.29, 1.82) is 0 Å². The van der Waals surface area contributed by atoms with E-state index in [1.807, 2.05) is 39.5 Å². The smallest absolute Gasteiger partial charge is 0.191 e. The molecule has 0 amide bonds. The Labute approximate surface area is 91.9 Å². The van der Waals surface area contributed by atoms with E-state index in [0.29, 0.717) is 6.61 Å². The normalized spacial score (nSPS) is 27.9.